The highest BCUT2D eigenvalue weighted by Gasteiger charge is 2.25. The van der Waals surface area contributed by atoms with Crippen molar-refractivity contribution in [3.05, 3.63) is 52.5 Å². The van der Waals surface area contributed by atoms with Gasteiger partial charge in [-0.1, -0.05) is 11.6 Å². The van der Waals surface area contributed by atoms with Crippen LogP contribution in [-0.2, 0) is 14.8 Å². The molecular formula is C21H23ClN2O6S. The van der Waals surface area contributed by atoms with Crippen molar-refractivity contribution >= 4 is 39.2 Å². The molecule has 1 heterocycles. The summed E-state index contributed by atoms with van der Waals surface area (Å²) in [6, 6.07) is 8.24. The standard InChI is InChI=1S/C21H23ClN2O6S/c1-3-30-21(26)16-12-14(6-8-18(16)22)23-31(27,28)15-7-9-19(29-2)17(13-15)20(25)24-10-4-5-11-24/h6-9,12-13,23H,3-5,10-11H2,1-2H3. The van der Waals surface area contributed by atoms with E-state index in [2.05, 4.69) is 4.72 Å². The van der Waals surface area contributed by atoms with Crippen molar-refractivity contribution in [3.63, 3.8) is 0 Å². The van der Waals surface area contributed by atoms with Gasteiger partial charge in [0.25, 0.3) is 15.9 Å². The summed E-state index contributed by atoms with van der Waals surface area (Å²) in [6.45, 7) is 3.06. The second-order valence-corrected chi connectivity index (χ2v) is 8.97. The molecule has 31 heavy (non-hydrogen) atoms. The number of hydrogen-bond acceptors (Lipinski definition) is 6. The fraction of sp³-hybridized carbons (Fsp3) is 0.333. The predicted molar refractivity (Wildman–Crippen MR) is 116 cm³/mol. The number of likely N-dealkylation sites (tertiary alicyclic amines) is 1. The number of nitrogens with zero attached hydrogens (tertiary/aromatic N) is 1. The molecule has 2 aromatic carbocycles. The molecule has 0 aliphatic carbocycles. The largest absolute Gasteiger partial charge is 0.496 e. The SMILES string of the molecule is CCOC(=O)c1cc(NS(=O)(=O)c2ccc(OC)c(C(=O)N3CCCC3)c2)ccc1Cl. The minimum Gasteiger partial charge on any atom is -0.496 e. The number of benzene rings is 2. The Morgan fingerprint density at radius 1 is 1.10 bits per heavy atom. The van der Waals surface area contributed by atoms with Crippen LogP contribution in [0.2, 0.25) is 5.02 Å². The van der Waals surface area contributed by atoms with Gasteiger partial charge < -0.3 is 14.4 Å². The van der Waals surface area contributed by atoms with Gasteiger partial charge >= 0.3 is 5.97 Å². The Kier molecular flexibility index (Phi) is 7.07. The first-order valence-corrected chi connectivity index (χ1v) is 11.6. The van der Waals surface area contributed by atoms with Crippen LogP contribution in [0.3, 0.4) is 0 Å². The van der Waals surface area contributed by atoms with Crippen molar-refractivity contribution in [3.8, 4) is 5.75 Å². The van der Waals surface area contributed by atoms with Crippen LogP contribution >= 0.6 is 11.6 Å². The zero-order chi connectivity index (χ0) is 22.6. The van der Waals surface area contributed by atoms with E-state index in [-0.39, 0.29) is 39.2 Å². The van der Waals surface area contributed by atoms with Gasteiger partial charge in [-0.25, -0.2) is 13.2 Å². The van der Waals surface area contributed by atoms with E-state index in [9.17, 15) is 18.0 Å². The molecule has 0 radical (unpaired) electrons. The Morgan fingerprint density at radius 2 is 1.81 bits per heavy atom. The van der Waals surface area contributed by atoms with E-state index in [4.69, 9.17) is 21.1 Å². The number of ether oxygens (including phenoxy) is 2. The average molecular weight is 467 g/mol. The highest BCUT2D eigenvalue weighted by molar-refractivity contribution is 7.92. The summed E-state index contributed by atoms with van der Waals surface area (Å²) in [5, 5.41) is 0.143. The monoisotopic (exact) mass is 466 g/mol. The van der Waals surface area contributed by atoms with Crippen LogP contribution in [-0.4, -0.2) is 52.0 Å². The van der Waals surface area contributed by atoms with Gasteiger partial charge in [0.2, 0.25) is 0 Å². The van der Waals surface area contributed by atoms with Crippen LogP contribution in [0, 0.1) is 0 Å². The third kappa shape index (κ3) is 5.11. The van der Waals surface area contributed by atoms with Crippen LogP contribution in [0.15, 0.2) is 41.3 Å². The van der Waals surface area contributed by atoms with Crippen molar-refractivity contribution in [2.75, 3.05) is 31.5 Å². The summed E-state index contributed by atoms with van der Waals surface area (Å²) in [6.07, 6.45) is 1.82. The van der Waals surface area contributed by atoms with Crippen LogP contribution in [0.1, 0.15) is 40.5 Å². The van der Waals surface area contributed by atoms with Gasteiger partial charge in [-0.3, -0.25) is 9.52 Å². The van der Waals surface area contributed by atoms with Crippen LogP contribution in [0.5, 0.6) is 5.75 Å². The second kappa shape index (κ2) is 9.57. The maximum Gasteiger partial charge on any atom is 0.339 e. The van der Waals surface area contributed by atoms with Gasteiger partial charge in [0.1, 0.15) is 5.75 Å². The molecule has 1 fully saturated rings. The fourth-order valence-electron chi connectivity index (χ4n) is 3.28. The number of anilines is 1. The van der Waals surface area contributed by atoms with Gasteiger partial charge in [-0.05, 0) is 56.2 Å². The zero-order valence-corrected chi connectivity index (χ0v) is 18.8. The molecule has 10 heteroatoms. The molecule has 1 saturated heterocycles. The minimum absolute atomic E-state index is 0.0448. The smallest absolute Gasteiger partial charge is 0.339 e. The summed E-state index contributed by atoms with van der Waals surface area (Å²) < 4.78 is 38.5. The number of methoxy groups -OCH3 is 1. The van der Waals surface area contributed by atoms with Gasteiger partial charge in [0, 0.05) is 18.8 Å². The van der Waals surface area contributed by atoms with Crippen LogP contribution < -0.4 is 9.46 Å². The second-order valence-electron chi connectivity index (χ2n) is 6.88. The lowest BCUT2D eigenvalue weighted by Gasteiger charge is -2.18. The molecule has 0 atom stereocenters. The molecule has 2 aromatic rings. The molecule has 8 nitrogen and oxygen atoms in total. The molecule has 0 spiro atoms. The van der Waals surface area contributed by atoms with E-state index in [0.717, 1.165) is 12.8 Å². The molecule has 1 amide bonds. The number of carbonyl (C=O) groups is 2. The lowest BCUT2D eigenvalue weighted by Crippen LogP contribution is -2.28. The molecule has 1 N–H and O–H groups in total. The predicted octanol–water partition coefficient (Wildman–Crippen LogP) is 3.56. The Balaban J connectivity index is 1.92. The molecule has 0 unspecified atom stereocenters. The first-order chi connectivity index (χ1) is 14.8. The van der Waals surface area contributed by atoms with Gasteiger partial charge in [0.15, 0.2) is 0 Å². The Labute approximate surface area is 186 Å². The van der Waals surface area contributed by atoms with Crippen molar-refractivity contribution in [2.45, 2.75) is 24.7 Å². The maximum atomic E-state index is 13.0. The van der Waals surface area contributed by atoms with E-state index in [1.54, 1.807) is 11.8 Å². The average Bonchev–Trinajstić information content (AvgIpc) is 3.29. The highest BCUT2D eigenvalue weighted by Crippen LogP contribution is 2.28. The van der Waals surface area contributed by atoms with Gasteiger partial charge in [0.05, 0.1) is 34.8 Å². The zero-order valence-electron chi connectivity index (χ0n) is 17.2. The quantitative estimate of drug-likeness (QED) is 0.626. The lowest BCUT2D eigenvalue weighted by molar-refractivity contribution is 0.0526. The van der Waals surface area contributed by atoms with Crippen LogP contribution in [0.4, 0.5) is 5.69 Å². The van der Waals surface area contributed by atoms with Crippen molar-refractivity contribution in [2.24, 2.45) is 0 Å². The molecule has 166 valence electrons. The number of halogens is 1. The van der Waals surface area contributed by atoms with E-state index in [1.165, 1.54) is 43.5 Å². The Morgan fingerprint density at radius 3 is 2.45 bits per heavy atom. The molecule has 0 bridgehead atoms. The summed E-state index contributed by atoms with van der Waals surface area (Å²) in [5.41, 5.74) is 0.356. The fourth-order valence-corrected chi connectivity index (χ4v) is 4.55. The summed E-state index contributed by atoms with van der Waals surface area (Å²) in [7, 11) is -2.63. The minimum atomic E-state index is -4.06. The maximum absolute atomic E-state index is 13.0. The Bertz CT molecular complexity index is 1100. The molecule has 3 rings (SSSR count). The van der Waals surface area contributed by atoms with E-state index < -0.39 is 16.0 Å². The first kappa shape index (κ1) is 22.9. The summed E-state index contributed by atoms with van der Waals surface area (Å²) >= 11 is 6.03. The van der Waals surface area contributed by atoms with Crippen molar-refractivity contribution in [1.82, 2.24) is 4.90 Å². The van der Waals surface area contributed by atoms with Crippen molar-refractivity contribution < 1.29 is 27.5 Å². The molecule has 1 aliphatic rings. The molecular weight excluding hydrogens is 444 g/mol. The first-order valence-electron chi connectivity index (χ1n) is 9.73. The topological polar surface area (TPSA) is 102 Å². The molecule has 0 saturated carbocycles. The van der Waals surface area contributed by atoms with Gasteiger partial charge in [-0.2, -0.15) is 0 Å². The number of amides is 1. The van der Waals surface area contributed by atoms with E-state index in [1.807, 2.05) is 0 Å². The summed E-state index contributed by atoms with van der Waals surface area (Å²) in [5.74, 6) is -0.633. The number of rotatable bonds is 7. The number of esters is 1. The normalized spacial score (nSPS) is 13.7. The number of hydrogen-bond donors (Lipinski definition) is 1. The van der Waals surface area contributed by atoms with E-state index in [0.29, 0.717) is 18.8 Å². The number of nitrogens with one attached hydrogen (secondary N) is 1. The Hall–Kier alpha value is -2.78. The van der Waals surface area contributed by atoms with Crippen molar-refractivity contribution in [1.29, 1.82) is 0 Å². The third-order valence-corrected chi connectivity index (χ3v) is 6.53. The van der Waals surface area contributed by atoms with Crippen LogP contribution in [0.25, 0.3) is 0 Å². The number of carbonyl (C=O) groups excluding carboxylic acids is 2. The molecule has 1 aliphatic heterocycles. The third-order valence-electron chi connectivity index (χ3n) is 4.82. The van der Waals surface area contributed by atoms with Gasteiger partial charge in [-0.15, -0.1) is 0 Å². The molecule has 0 aromatic heterocycles. The number of sulfonamides is 1. The summed E-state index contributed by atoms with van der Waals surface area (Å²) in [4.78, 5) is 26.4. The highest BCUT2D eigenvalue weighted by atomic mass is 35.5. The van der Waals surface area contributed by atoms with E-state index >= 15 is 0 Å². The lowest BCUT2D eigenvalue weighted by atomic mass is 10.1.